The number of rotatable bonds is 8. The highest BCUT2D eigenvalue weighted by atomic mass is 16.5. The minimum absolute atomic E-state index is 0.227. The molecule has 0 unspecified atom stereocenters. The molecule has 104 valence electrons. The van der Waals surface area contributed by atoms with Crippen LogP contribution in [-0.2, 0) is 4.79 Å². The zero-order chi connectivity index (χ0) is 14.1. The summed E-state index contributed by atoms with van der Waals surface area (Å²) in [7, 11) is 4.04. The number of nitrogens with zero attached hydrogens (tertiary/aromatic N) is 2. The quantitative estimate of drug-likeness (QED) is 0.571. The first-order valence-electron chi connectivity index (χ1n) is 6.18. The molecule has 0 aliphatic rings. The summed E-state index contributed by atoms with van der Waals surface area (Å²) in [5.74, 6) is -0.212. The summed E-state index contributed by atoms with van der Waals surface area (Å²) in [6.07, 6.45) is 2.48. The van der Waals surface area contributed by atoms with E-state index in [1.54, 1.807) is 0 Å². The molecule has 0 heterocycles. The minimum atomic E-state index is -0.944. The molecule has 0 fully saturated rings. The minimum Gasteiger partial charge on any atom is -0.493 e. The van der Waals surface area contributed by atoms with Gasteiger partial charge in [0, 0.05) is 18.3 Å². The molecule has 5 heteroatoms. The van der Waals surface area contributed by atoms with Gasteiger partial charge in [-0.25, -0.2) is 0 Å². The van der Waals surface area contributed by atoms with Gasteiger partial charge in [0.15, 0.2) is 0 Å². The molecule has 0 spiro atoms. The van der Waals surface area contributed by atoms with Gasteiger partial charge in [-0.2, -0.15) is 0 Å². The highest BCUT2D eigenvalue weighted by Crippen LogP contribution is 2.16. The number of hydrogen-bond donors (Lipinski definition) is 1. The Hall–Kier alpha value is -1.88. The van der Waals surface area contributed by atoms with Crippen molar-refractivity contribution in [2.75, 3.05) is 33.8 Å². The fourth-order valence-corrected chi connectivity index (χ4v) is 1.50. The van der Waals surface area contributed by atoms with Gasteiger partial charge in [0.1, 0.15) is 12.3 Å². The van der Waals surface area contributed by atoms with Crippen LogP contribution in [0.3, 0.4) is 0 Å². The molecule has 0 saturated carbocycles. The van der Waals surface area contributed by atoms with Gasteiger partial charge in [-0.15, -0.1) is 0 Å². The summed E-state index contributed by atoms with van der Waals surface area (Å²) in [6.45, 7) is 1.37. The van der Waals surface area contributed by atoms with Gasteiger partial charge in [0.2, 0.25) is 0 Å². The number of hydrogen-bond acceptors (Lipinski definition) is 4. The van der Waals surface area contributed by atoms with E-state index in [0.717, 1.165) is 24.3 Å². The predicted octanol–water partition coefficient (Wildman–Crippen LogP) is 1.52. The largest absolute Gasteiger partial charge is 0.493 e. The molecule has 5 nitrogen and oxygen atoms in total. The van der Waals surface area contributed by atoms with E-state index in [2.05, 4.69) is 9.89 Å². The van der Waals surface area contributed by atoms with E-state index >= 15 is 0 Å². The Kier molecular flexibility index (Phi) is 6.60. The molecule has 0 aliphatic carbocycles. The van der Waals surface area contributed by atoms with Crippen molar-refractivity contribution in [3.63, 3.8) is 0 Å². The topological polar surface area (TPSA) is 62.1 Å². The number of carbonyl (C=O) groups is 1. The monoisotopic (exact) mass is 264 g/mol. The molecule has 1 rings (SSSR count). The van der Waals surface area contributed by atoms with E-state index in [1.165, 1.54) is 6.21 Å². The van der Waals surface area contributed by atoms with Gasteiger partial charge in [0.25, 0.3) is 0 Å². The van der Waals surface area contributed by atoms with Gasteiger partial charge >= 0.3 is 5.97 Å². The van der Waals surface area contributed by atoms with E-state index in [4.69, 9.17) is 9.84 Å². The van der Waals surface area contributed by atoms with Crippen molar-refractivity contribution in [3.05, 3.63) is 29.8 Å². The van der Waals surface area contributed by atoms with Crippen molar-refractivity contribution in [1.82, 2.24) is 4.90 Å². The fraction of sp³-hybridized carbons (Fsp3) is 0.429. The molecule has 0 aromatic heterocycles. The second-order valence-electron chi connectivity index (χ2n) is 4.41. The van der Waals surface area contributed by atoms with E-state index < -0.39 is 5.97 Å². The molecule has 1 aromatic carbocycles. The van der Waals surface area contributed by atoms with E-state index in [0.29, 0.717) is 6.61 Å². The third-order valence-corrected chi connectivity index (χ3v) is 2.38. The molecular formula is C14H20N2O3. The van der Waals surface area contributed by atoms with Gasteiger partial charge in [0.05, 0.1) is 6.61 Å². The van der Waals surface area contributed by atoms with Crippen LogP contribution in [0, 0.1) is 0 Å². The van der Waals surface area contributed by atoms with Crippen LogP contribution in [0.15, 0.2) is 29.3 Å². The summed E-state index contributed by atoms with van der Waals surface area (Å²) in [5.41, 5.74) is 0.800. The molecule has 1 aromatic rings. The van der Waals surface area contributed by atoms with Crippen molar-refractivity contribution in [3.8, 4) is 5.75 Å². The third kappa shape index (κ3) is 6.57. The summed E-state index contributed by atoms with van der Waals surface area (Å²) < 4.78 is 5.68. The van der Waals surface area contributed by atoms with E-state index in [-0.39, 0.29) is 6.54 Å². The highest BCUT2D eigenvalue weighted by molar-refractivity contribution is 5.85. The lowest BCUT2D eigenvalue weighted by atomic mass is 10.2. The average Bonchev–Trinajstić information content (AvgIpc) is 2.35. The fourth-order valence-electron chi connectivity index (χ4n) is 1.50. The van der Waals surface area contributed by atoms with Gasteiger partial charge in [-0.1, -0.05) is 12.1 Å². The van der Waals surface area contributed by atoms with Crippen molar-refractivity contribution < 1.29 is 14.6 Å². The Labute approximate surface area is 113 Å². The van der Waals surface area contributed by atoms with Crippen molar-refractivity contribution in [2.24, 2.45) is 4.99 Å². The molecule has 0 atom stereocenters. The van der Waals surface area contributed by atoms with Crippen LogP contribution in [0.4, 0.5) is 0 Å². The SMILES string of the molecule is CN(C)CCCOc1ccccc1C=NCC(=O)O. The molecule has 19 heavy (non-hydrogen) atoms. The molecular weight excluding hydrogens is 244 g/mol. The van der Waals surface area contributed by atoms with Crippen LogP contribution in [-0.4, -0.2) is 56.0 Å². The van der Waals surface area contributed by atoms with Gasteiger partial charge in [-0.3, -0.25) is 9.79 Å². The number of aliphatic carboxylic acids is 1. The average molecular weight is 264 g/mol. The van der Waals surface area contributed by atoms with Crippen molar-refractivity contribution in [1.29, 1.82) is 0 Å². The van der Waals surface area contributed by atoms with E-state index in [1.807, 2.05) is 38.4 Å². The zero-order valence-corrected chi connectivity index (χ0v) is 11.4. The second-order valence-corrected chi connectivity index (χ2v) is 4.41. The Morgan fingerprint density at radius 2 is 2.16 bits per heavy atom. The molecule has 0 bridgehead atoms. The molecule has 1 N–H and O–H groups in total. The first-order valence-corrected chi connectivity index (χ1v) is 6.18. The van der Waals surface area contributed by atoms with Gasteiger partial charge < -0.3 is 14.7 Å². The maximum absolute atomic E-state index is 10.4. The lowest BCUT2D eigenvalue weighted by molar-refractivity contribution is -0.135. The van der Waals surface area contributed by atoms with E-state index in [9.17, 15) is 4.79 Å². The predicted molar refractivity (Wildman–Crippen MR) is 75.2 cm³/mol. The molecule has 0 aliphatic heterocycles. The van der Waals surface area contributed by atoms with Gasteiger partial charge in [-0.05, 0) is 32.6 Å². The number of aliphatic imine (C=N–C) groups is 1. The Bertz CT molecular complexity index is 430. The lowest BCUT2D eigenvalue weighted by Crippen LogP contribution is -2.15. The summed E-state index contributed by atoms with van der Waals surface area (Å²) in [6, 6.07) is 7.47. The zero-order valence-electron chi connectivity index (χ0n) is 11.4. The second kappa shape index (κ2) is 8.26. The highest BCUT2D eigenvalue weighted by Gasteiger charge is 2.01. The smallest absolute Gasteiger partial charge is 0.325 e. The third-order valence-electron chi connectivity index (χ3n) is 2.38. The maximum Gasteiger partial charge on any atom is 0.325 e. The first-order chi connectivity index (χ1) is 9.09. The van der Waals surface area contributed by atoms with Crippen LogP contribution >= 0.6 is 0 Å². The Morgan fingerprint density at radius 1 is 1.42 bits per heavy atom. The summed E-state index contributed by atoms with van der Waals surface area (Å²) >= 11 is 0. The standard InChI is InChI=1S/C14H20N2O3/c1-16(2)8-5-9-19-13-7-4-3-6-12(13)10-15-11-14(17)18/h3-4,6-7,10H,5,8-9,11H2,1-2H3,(H,17,18). The number of benzene rings is 1. The molecule has 0 radical (unpaired) electrons. The lowest BCUT2D eigenvalue weighted by Gasteiger charge is -2.11. The first kappa shape index (κ1) is 15.2. The number of para-hydroxylation sites is 1. The number of ether oxygens (including phenoxy) is 1. The number of carboxylic acids is 1. The Balaban J connectivity index is 2.53. The van der Waals surface area contributed by atoms with Crippen LogP contribution < -0.4 is 4.74 Å². The molecule has 0 saturated heterocycles. The molecule has 0 amide bonds. The van der Waals surface area contributed by atoms with Crippen molar-refractivity contribution >= 4 is 12.2 Å². The van der Waals surface area contributed by atoms with Crippen LogP contribution in [0.5, 0.6) is 5.75 Å². The summed E-state index contributed by atoms with van der Waals surface area (Å²) in [5, 5.41) is 8.54. The van der Waals surface area contributed by atoms with Crippen LogP contribution in [0.1, 0.15) is 12.0 Å². The number of carboxylic acid groups (broad SMARTS) is 1. The maximum atomic E-state index is 10.4. The van der Waals surface area contributed by atoms with Crippen LogP contribution in [0.25, 0.3) is 0 Å². The Morgan fingerprint density at radius 3 is 2.84 bits per heavy atom. The van der Waals surface area contributed by atoms with Crippen molar-refractivity contribution in [2.45, 2.75) is 6.42 Å². The van der Waals surface area contributed by atoms with Crippen LogP contribution in [0.2, 0.25) is 0 Å². The normalized spacial score (nSPS) is 11.1. The summed E-state index contributed by atoms with van der Waals surface area (Å²) in [4.78, 5) is 16.3.